The molecule has 0 aliphatic carbocycles. The maximum atomic E-state index is 4.89. The van der Waals surface area contributed by atoms with E-state index < -0.39 is 0 Å². The van der Waals surface area contributed by atoms with Gasteiger partial charge in [0.1, 0.15) is 0 Å². The van der Waals surface area contributed by atoms with Crippen molar-refractivity contribution in [2.75, 3.05) is 6.54 Å². The van der Waals surface area contributed by atoms with Gasteiger partial charge in [0.05, 0.1) is 0 Å². The molecule has 0 bridgehead atoms. The molecule has 0 spiro atoms. The number of hydrogen-bond acceptors (Lipinski definition) is 3. The minimum absolute atomic E-state index is 0.561. The molecule has 1 saturated heterocycles. The molecule has 2 heterocycles. The van der Waals surface area contributed by atoms with Crippen molar-refractivity contribution in [3.8, 4) is 0 Å². The maximum absolute atomic E-state index is 4.89. The van der Waals surface area contributed by atoms with Crippen LogP contribution in [-0.2, 0) is 6.42 Å². The second kappa shape index (κ2) is 4.66. The van der Waals surface area contributed by atoms with Crippen molar-refractivity contribution >= 4 is 12.2 Å². The zero-order chi connectivity index (χ0) is 9.80. The first-order valence-electron chi connectivity index (χ1n) is 5.11. The average Bonchev–Trinajstić information content (AvgIpc) is 2.23. The quantitative estimate of drug-likeness (QED) is 0.730. The largest absolute Gasteiger partial charge is 0.337 e. The summed E-state index contributed by atoms with van der Waals surface area (Å²) in [4.78, 5) is 7.04. The SMILES string of the molecule is S=c1ncc(CC2CCCCN2)c[nH]1. The number of aromatic nitrogens is 2. The van der Waals surface area contributed by atoms with Crippen molar-refractivity contribution in [1.82, 2.24) is 15.3 Å². The standard InChI is InChI=1S/C10H15N3S/c14-10-12-6-8(7-13-10)5-9-3-1-2-4-11-9/h6-7,9,11H,1-5H2,(H,12,13,14). The van der Waals surface area contributed by atoms with Crippen molar-refractivity contribution in [2.45, 2.75) is 31.7 Å². The normalized spacial score (nSPS) is 22.1. The van der Waals surface area contributed by atoms with Gasteiger partial charge in [-0.15, -0.1) is 0 Å². The molecular formula is C10H15N3S. The minimum Gasteiger partial charge on any atom is -0.337 e. The van der Waals surface area contributed by atoms with Gasteiger partial charge >= 0.3 is 0 Å². The maximum Gasteiger partial charge on any atom is 0.196 e. The fraction of sp³-hybridized carbons (Fsp3) is 0.600. The zero-order valence-electron chi connectivity index (χ0n) is 8.12. The zero-order valence-corrected chi connectivity index (χ0v) is 8.94. The summed E-state index contributed by atoms with van der Waals surface area (Å²) in [5, 5.41) is 3.51. The fourth-order valence-corrected chi connectivity index (χ4v) is 1.98. The third-order valence-corrected chi connectivity index (χ3v) is 2.85. The summed E-state index contributed by atoms with van der Waals surface area (Å²) in [6, 6.07) is 0.620. The molecule has 3 nitrogen and oxygen atoms in total. The topological polar surface area (TPSA) is 40.7 Å². The predicted molar refractivity (Wildman–Crippen MR) is 58.8 cm³/mol. The molecule has 1 aromatic rings. The van der Waals surface area contributed by atoms with Gasteiger partial charge in [-0.1, -0.05) is 6.42 Å². The van der Waals surface area contributed by atoms with Crippen LogP contribution in [0.2, 0.25) is 0 Å². The monoisotopic (exact) mass is 209 g/mol. The Hall–Kier alpha value is -0.740. The van der Waals surface area contributed by atoms with Crippen molar-refractivity contribution in [3.63, 3.8) is 0 Å². The van der Waals surface area contributed by atoms with Crippen LogP contribution in [0.5, 0.6) is 0 Å². The first kappa shape index (κ1) is 9.80. The lowest BCUT2D eigenvalue weighted by Gasteiger charge is -2.23. The number of rotatable bonds is 2. The highest BCUT2D eigenvalue weighted by Crippen LogP contribution is 2.11. The molecular weight excluding hydrogens is 194 g/mol. The van der Waals surface area contributed by atoms with E-state index in [1.807, 2.05) is 12.4 Å². The molecule has 76 valence electrons. The molecule has 2 rings (SSSR count). The lowest BCUT2D eigenvalue weighted by molar-refractivity contribution is 0.399. The highest BCUT2D eigenvalue weighted by Gasteiger charge is 2.12. The Labute approximate surface area is 89.0 Å². The van der Waals surface area contributed by atoms with Gasteiger partial charge in [0.15, 0.2) is 4.77 Å². The Morgan fingerprint density at radius 2 is 2.43 bits per heavy atom. The van der Waals surface area contributed by atoms with Crippen molar-refractivity contribution in [1.29, 1.82) is 0 Å². The molecule has 0 aromatic carbocycles. The Balaban J connectivity index is 1.96. The van der Waals surface area contributed by atoms with Gasteiger partial charge in [-0.2, -0.15) is 0 Å². The number of aromatic amines is 1. The Morgan fingerprint density at radius 1 is 1.50 bits per heavy atom. The van der Waals surface area contributed by atoms with Crippen LogP contribution in [0, 0.1) is 4.77 Å². The smallest absolute Gasteiger partial charge is 0.196 e. The lowest BCUT2D eigenvalue weighted by Crippen LogP contribution is -2.35. The second-order valence-electron chi connectivity index (χ2n) is 3.78. The lowest BCUT2D eigenvalue weighted by atomic mass is 9.99. The molecule has 1 fully saturated rings. The molecule has 2 N–H and O–H groups in total. The summed E-state index contributed by atoms with van der Waals surface area (Å²) in [7, 11) is 0. The molecule has 1 aliphatic rings. The van der Waals surface area contributed by atoms with E-state index in [-0.39, 0.29) is 0 Å². The first-order chi connectivity index (χ1) is 6.84. The molecule has 1 aliphatic heterocycles. The fourth-order valence-electron chi connectivity index (χ4n) is 1.86. The average molecular weight is 209 g/mol. The van der Waals surface area contributed by atoms with Crippen LogP contribution in [0.3, 0.4) is 0 Å². The number of nitrogens with zero attached hydrogens (tertiary/aromatic N) is 1. The van der Waals surface area contributed by atoms with E-state index in [2.05, 4.69) is 15.3 Å². The molecule has 1 aromatic heterocycles. The van der Waals surface area contributed by atoms with E-state index in [0.717, 1.165) is 13.0 Å². The molecule has 0 radical (unpaired) electrons. The first-order valence-corrected chi connectivity index (χ1v) is 5.52. The third-order valence-electron chi connectivity index (χ3n) is 2.62. The van der Waals surface area contributed by atoms with Crippen LogP contribution < -0.4 is 5.32 Å². The Kier molecular flexibility index (Phi) is 3.26. The van der Waals surface area contributed by atoms with E-state index in [4.69, 9.17) is 12.2 Å². The number of nitrogens with one attached hydrogen (secondary N) is 2. The van der Waals surface area contributed by atoms with Crippen LogP contribution >= 0.6 is 12.2 Å². The summed E-state index contributed by atoms with van der Waals surface area (Å²) in [6.45, 7) is 1.15. The van der Waals surface area contributed by atoms with Gasteiger partial charge in [0, 0.05) is 18.4 Å². The van der Waals surface area contributed by atoms with E-state index in [9.17, 15) is 0 Å². The van der Waals surface area contributed by atoms with Crippen molar-refractivity contribution in [2.24, 2.45) is 0 Å². The molecule has 1 atom stereocenters. The van der Waals surface area contributed by atoms with E-state index in [1.165, 1.54) is 24.8 Å². The van der Waals surface area contributed by atoms with E-state index in [1.54, 1.807) is 0 Å². The highest BCUT2D eigenvalue weighted by molar-refractivity contribution is 7.71. The van der Waals surface area contributed by atoms with Crippen LogP contribution in [0.25, 0.3) is 0 Å². The van der Waals surface area contributed by atoms with Crippen molar-refractivity contribution < 1.29 is 0 Å². The Bertz CT molecular complexity index is 321. The summed E-state index contributed by atoms with van der Waals surface area (Å²) in [5.74, 6) is 0. The molecule has 0 saturated carbocycles. The Morgan fingerprint density at radius 3 is 3.07 bits per heavy atom. The van der Waals surface area contributed by atoms with Crippen LogP contribution in [0.4, 0.5) is 0 Å². The van der Waals surface area contributed by atoms with Crippen molar-refractivity contribution in [3.05, 3.63) is 22.7 Å². The van der Waals surface area contributed by atoms with Gasteiger partial charge in [-0.05, 0) is 43.6 Å². The van der Waals surface area contributed by atoms with Crippen LogP contribution in [0.1, 0.15) is 24.8 Å². The third kappa shape index (κ3) is 2.62. The minimum atomic E-state index is 0.561. The van der Waals surface area contributed by atoms with E-state index >= 15 is 0 Å². The highest BCUT2D eigenvalue weighted by atomic mass is 32.1. The summed E-state index contributed by atoms with van der Waals surface area (Å²) in [6.07, 6.45) is 8.81. The van der Waals surface area contributed by atoms with Gasteiger partial charge in [-0.3, -0.25) is 0 Å². The number of H-pyrrole nitrogens is 1. The molecule has 14 heavy (non-hydrogen) atoms. The summed E-state index contributed by atoms with van der Waals surface area (Å²) in [5.41, 5.74) is 1.23. The predicted octanol–water partition coefficient (Wildman–Crippen LogP) is 1.82. The second-order valence-corrected chi connectivity index (χ2v) is 4.16. The molecule has 0 amide bonds. The van der Waals surface area contributed by atoms with Gasteiger partial charge in [0.25, 0.3) is 0 Å². The van der Waals surface area contributed by atoms with E-state index in [0.29, 0.717) is 10.8 Å². The number of hydrogen-bond donors (Lipinski definition) is 2. The van der Waals surface area contributed by atoms with Crippen LogP contribution in [0.15, 0.2) is 12.4 Å². The molecule has 4 heteroatoms. The van der Waals surface area contributed by atoms with Gasteiger partial charge in [-0.25, -0.2) is 4.98 Å². The number of piperidine rings is 1. The molecule has 1 unspecified atom stereocenters. The summed E-state index contributed by atoms with van der Waals surface area (Å²) >= 11 is 4.89. The summed E-state index contributed by atoms with van der Waals surface area (Å²) < 4.78 is 0.561. The van der Waals surface area contributed by atoms with Gasteiger partial charge in [0.2, 0.25) is 0 Å². The van der Waals surface area contributed by atoms with Crippen LogP contribution in [-0.4, -0.2) is 22.6 Å². The van der Waals surface area contributed by atoms with Gasteiger partial charge < -0.3 is 10.3 Å².